The molecule has 1 amide bonds. The Bertz CT molecular complexity index is 388. The standard InChI is InChI=1S/C12H17BrN2OS/c1-15(8-11-10(13)4-7-17-11)12(16)9-2-5-14-6-3-9/h4,7,9,14H,2-3,5-6,8H2,1H3. The van der Waals surface area contributed by atoms with Gasteiger partial charge in [-0.15, -0.1) is 11.3 Å². The van der Waals surface area contributed by atoms with Crippen LogP contribution in [-0.2, 0) is 11.3 Å². The van der Waals surface area contributed by atoms with Gasteiger partial charge in [-0.05, 0) is 53.3 Å². The smallest absolute Gasteiger partial charge is 0.225 e. The molecule has 0 atom stereocenters. The Kier molecular flexibility index (Phi) is 4.59. The van der Waals surface area contributed by atoms with Gasteiger partial charge in [0.1, 0.15) is 0 Å². The number of amides is 1. The summed E-state index contributed by atoms with van der Waals surface area (Å²) in [5.74, 6) is 0.492. The van der Waals surface area contributed by atoms with Gasteiger partial charge in [-0.2, -0.15) is 0 Å². The molecule has 2 heterocycles. The number of carbonyl (C=O) groups is 1. The highest BCUT2D eigenvalue weighted by Gasteiger charge is 2.24. The van der Waals surface area contributed by atoms with E-state index < -0.39 is 0 Å². The molecule has 0 saturated carbocycles. The molecule has 1 aliphatic rings. The number of halogens is 1. The lowest BCUT2D eigenvalue weighted by Crippen LogP contribution is -2.38. The highest BCUT2D eigenvalue weighted by molar-refractivity contribution is 9.10. The number of hydrogen-bond acceptors (Lipinski definition) is 3. The summed E-state index contributed by atoms with van der Waals surface area (Å²) >= 11 is 5.19. The van der Waals surface area contributed by atoms with Gasteiger partial charge in [-0.3, -0.25) is 4.79 Å². The largest absolute Gasteiger partial charge is 0.340 e. The summed E-state index contributed by atoms with van der Waals surface area (Å²) in [4.78, 5) is 15.3. The molecule has 94 valence electrons. The number of nitrogens with one attached hydrogen (secondary N) is 1. The molecule has 1 aromatic rings. The monoisotopic (exact) mass is 316 g/mol. The maximum absolute atomic E-state index is 12.2. The van der Waals surface area contributed by atoms with Crippen molar-refractivity contribution in [1.82, 2.24) is 10.2 Å². The van der Waals surface area contributed by atoms with E-state index in [9.17, 15) is 4.79 Å². The van der Waals surface area contributed by atoms with Gasteiger partial charge >= 0.3 is 0 Å². The van der Waals surface area contributed by atoms with E-state index in [4.69, 9.17) is 0 Å². The van der Waals surface area contributed by atoms with Crippen molar-refractivity contribution in [3.8, 4) is 0 Å². The summed E-state index contributed by atoms with van der Waals surface area (Å²) < 4.78 is 1.10. The number of thiophene rings is 1. The second-order valence-electron chi connectivity index (χ2n) is 4.41. The quantitative estimate of drug-likeness (QED) is 0.929. The molecule has 1 aliphatic heterocycles. The molecule has 0 unspecified atom stereocenters. The van der Waals surface area contributed by atoms with Crippen LogP contribution in [0.4, 0.5) is 0 Å². The van der Waals surface area contributed by atoms with E-state index in [1.165, 1.54) is 4.88 Å². The lowest BCUT2D eigenvalue weighted by molar-refractivity contribution is -0.135. The fourth-order valence-electron chi connectivity index (χ4n) is 2.11. The van der Waals surface area contributed by atoms with E-state index in [-0.39, 0.29) is 11.8 Å². The molecule has 2 rings (SSSR count). The molecule has 0 bridgehead atoms. The highest BCUT2D eigenvalue weighted by Crippen LogP contribution is 2.25. The van der Waals surface area contributed by atoms with Crippen LogP contribution in [0.25, 0.3) is 0 Å². The SMILES string of the molecule is CN(Cc1sccc1Br)C(=O)C1CCNCC1. The number of carbonyl (C=O) groups excluding carboxylic acids is 1. The molecule has 3 nitrogen and oxygen atoms in total. The summed E-state index contributed by atoms with van der Waals surface area (Å²) in [6.07, 6.45) is 1.93. The Balaban J connectivity index is 1.93. The van der Waals surface area contributed by atoms with Gasteiger partial charge in [0.2, 0.25) is 5.91 Å². The first-order valence-electron chi connectivity index (χ1n) is 5.86. The maximum Gasteiger partial charge on any atom is 0.225 e. The van der Waals surface area contributed by atoms with Crippen molar-refractivity contribution in [2.24, 2.45) is 5.92 Å². The fraction of sp³-hybridized carbons (Fsp3) is 0.583. The summed E-state index contributed by atoms with van der Waals surface area (Å²) in [5.41, 5.74) is 0. The van der Waals surface area contributed by atoms with Crippen LogP contribution in [-0.4, -0.2) is 30.9 Å². The van der Waals surface area contributed by atoms with Gasteiger partial charge in [0, 0.05) is 22.3 Å². The zero-order valence-corrected chi connectivity index (χ0v) is 12.3. The van der Waals surface area contributed by atoms with Crippen LogP contribution >= 0.6 is 27.3 Å². The molecule has 5 heteroatoms. The molecular formula is C12H17BrN2OS. The molecule has 1 saturated heterocycles. The van der Waals surface area contributed by atoms with Gasteiger partial charge in [-0.25, -0.2) is 0 Å². The summed E-state index contributed by atoms with van der Waals surface area (Å²) in [6.45, 7) is 2.64. The molecular weight excluding hydrogens is 300 g/mol. The topological polar surface area (TPSA) is 32.3 Å². The van der Waals surface area contributed by atoms with Crippen LogP contribution in [0.3, 0.4) is 0 Å². The van der Waals surface area contributed by atoms with Crippen molar-refractivity contribution < 1.29 is 4.79 Å². The third-order valence-corrected chi connectivity index (χ3v) is 5.05. The van der Waals surface area contributed by atoms with E-state index >= 15 is 0 Å². The van der Waals surface area contributed by atoms with E-state index in [1.807, 2.05) is 23.4 Å². The third-order valence-electron chi connectivity index (χ3n) is 3.14. The first-order valence-corrected chi connectivity index (χ1v) is 7.53. The van der Waals surface area contributed by atoms with Crippen molar-refractivity contribution in [2.45, 2.75) is 19.4 Å². The second kappa shape index (κ2) is 5.98. The Morgan fingerprint density at radius 1 is 1.59 bits per heavy atom. The zero-order valence-electron chi connectivity index (χ0n) is 9.91. The molecule has 0 radical (unpaired) electrons. The minimum atomic E-state index is 0.208. The Hall–Kier alpha value is -0.390. The van der Waals surface area contributed by atoms with Crippen molar-refractivity contribution >= 4 is 33.2 Å². The van der Waals surface area contributed by atoms with E-state index in [0.29, 0.717) is 6.54 Å². The van der Waals surface area contributed by atoms with Crippen molar-refractivity contribution in [3.63, 3.8) is 0 Å². The van der Waals surface area contributed by atoms with Gasteiger partial charge < -0.3 is 10.2 Å². The molecule has 0 aromatic carbocycles. The Labute approximate surface area is 114 Å². The lowest BCUT2D eigenvalue weighted by Gasteiger charge is -2.26. The number of rotatable bonds is 3. The maximum atomic E-state index is 12.2. The molecule has 1 N–H and O–H groups in total. The highest BCUT2D eigenvalue weighted by atomic mass is 79.9. The average molecular weight is 317 g/mol. The Morgan fingerprint density at radius 2 is 2.29 bits per heavy atom. The van der Waals surface area contributed by atoms with E-state index in [2.05, 4.69) is 21.2 Å². The van der Waals surface area contributed by atoms with Gasteiger partial charge in [0.05, 0.1) is 6.54 Å². The van der Waals surface area contributed by atoms with Crippen LogP contribution < -0.4 is 5.32 Å². The minimum absolute atomic E-state index is 0.208. The summed E-state index contributed by atoms with van der Waals surface area (Å²) in [7, 11) is 1.90. The normalized spacial score (nSPS) is 17.1. The second-order valence-corrected chi connectivity index (χ2v) is 6.27. The molecule has 0 aliphatic carbocycles. The zero-order chi connectivity index (χ0) is 12.3. The van der Waals surface area contributed by atoms with Crippen LogP contribution in [0.2, 0.25) is 0 Å². The van der Waals surface area contributed by atoms with E-state index in [0.717, 1.165) is 30.4 Å². The van der Waals surface area contributed by atoms with Crippen molar-refractivity contribution in [2.75, 3.05) is 20.1 Å². The Morgan fingerprint density at radius 3 is 2.88 bits per heavy atom. The predicted molar refractivity (Wildman–Crippen MR) is 74.1 cm³/mol. The molecule has 17 heavy (non-hydrogen) atoms. The summed E-state index contributed by atoms with van der Waals surface area (Å²) in [6, 6.07) is 2.03. The molecule has 0 spiro atoms. The van der Waals surface area contributed by atoms with Crippen LogP contribution in [0.15, 0.2) is 15.9 Å². The fourth-order valence-corrected chi connectivity index (χ4v) is 3.64. The average Bonchev–Trinajstić information content (AvgIpc) is 2.75. The van der Waals surface area contributed by atoms with Gasteiger partial charge in [0.15, 0.2) is 0 Å². The van der Waals surface area contributed by atoms with Crippen LogP contribution in [0.5, 0.6) is 0 Å². The van der Waals surface area contributed by atoms with E-state index in [1.54, 1.807) is 11.3 Å². The third kappa shape index (κ3) is 3.30. The number of nitrogens with zero attached hydrogens (tertiary/aromatic N) is 1. The number of piperidine rings is 1. The molecule has 1 aromatic heterocycles. The van der Waals surface area contributed by atoms with Gasteiger partial charge in [-0.1, -0.05) is 0 Å². The van der Waals surface area contributed by atoms with Crippen LogP contribution in [0, 0.1) is 5.92 Å². The lowest BCUT2D eigenvalue weighted by atomic mass is 9.97. The predicted octanol–water partition coefficient (Wildman–Crippen LogP) is 2.47. The van der Waals surface area contributed by atoms with Gasteiger partial charge in [0.25, 0.3) is 0 Å². The molecule has 1 fully saturated rings. The number of hydrogen-bond donors (Lipinski definition) is 1. The van der Waals surface area contributed by atoms with Crippen molar-refractivity contribution in [1.29, 1.82) is 0 Å². The minimum Gasteiger partial charge on any atom is -0.340 e. The van der Waals surface area contributed by atoms with Crippen LogP contribution in [0.1, 0.15) is 17.7 Å². The summed E-state index contributed by atoms with van der Waals surface area (Å²) in [5, 5.41) is 5.33. The first kappa shape index (κ1) is 13.1. The van der Waals surface area contributed by atoms with Crippen molar-refractivity contribution in [3.05, 3.63) is 20.8 Å². The first-order chi connectivity index (χ1) is 8.18.